The molecule has 39 heavy (non-hydrogen) atoms. The lowest BCUT2D eigenvalue weighted by Gasteiger charge is -2.16. The second-order valence-electron chi connectivity index (χ2n) is 8.95. The zero-order valence-corrected chi connectivity index (χ0v) is 23.8. The van der Waals surface area contributed by atoms with Crippen molar-refractivity contribution in [3.63, 3.8) is 0 Å². The fraction of sp³-hybridized carbons (Fsp3) is 0.407. The minimum absolute atomic E-state index is 0.0817. The number of fused-ring (bicyclic) bond motifs is 1. The standard InChI is InChI=1S/C27H32N4O6S2/c1-4-12-35-14-15-36-13-11-28-23(32)17-30-21-8-6-5-7-20(21)29-26(30)39-24-10-9-19(37-24)16-22-25(33)31(18(2)3)27(34)38-22/h5-10,16,18H,4,11-15,17H2,1-3H3,(H,28,32)/b22-16-. The molecule has 3 amide bonds. The smallest absolute Gasteiger partial charge is 0.293 e. The molecule has 0 bridgehead atoms. The Hall–Kier alpha value is -3.06. The van der Waals surface area contributed by atoms with Crippen LogP contribution in [0.15, 0.2) is 56.0 Å². The van der Waals surface area contributed by atoms with E-state index < -0.39 is 0 Å². The summed E-state index contributed by atoms with van der Waals surface area (Å²) in [4.78, 5) is 43.7. The Morgan fingerprint density at radius 1 is 1.13 bits per heavy atom. The number of thioether (sulfide) groups is 1. The van der Waals surface area contributed by atoms with Crippen LogP contribution in [0, 0.1) is 0 Å². The molecule has 3 heterocycles. The molecule has 0 atom stereocenters. The Balaban J connectivity index is 1.39. The Labute approximate surface area is 235 Å². The van der Waals surface area contributed by atoms with E-state index in [4.69, 9.17) is 18.9 Å². The van der Waals surface area contributed by atoms with Gasteiger partial charge in [0.1, 0.15) is 12.3 Å². The van der Waals surface area contributed by atoms with E-state index in [9.17, 15) is 14.4 Å². The Kier molecular flexibility index (Phi) is 10.3. The van der Waals surface area contributed by atoms with Crippen LogP contribution < -0.4 is 5.32 Å². The molecular formula is C27H32N4O6S2. The van der Waals surface area contributed by atoms with Crippen molar-refractivity contribution in [3.8, 4) is 0 Å². The van der Waals surface area contributed by atoms with E-state index in [1.54, 1.807) is 32.1 Å². The molecule has 208 valence electrons. The normalized spacial score (nSPS) is 14.9. The van der Waals surface area contributed by atoms with Crippen LogP contribution in [0.5, 0.6) is 0 Å². The number of hydrogen-bond acceptors (Lipinski definition) is 9. The number of aromatic nitrogens is 2. The lowest BCUT2D eigenvalue weighted by molar-refractivity contribution is -0.124. The molecule has 1 aromatic carbocycles. The first-order valence-corrected chi connectivity index (χ1v) is 14.4. The summed E-state index contributed by atoms with van der Waals surface area (Å²) in [5, 5.41) is 3.73. The predicted octanol–water partition coefficient (Wildman–Crippen LogP) is 4.78. The third kappa shape index (κ3) is 7.53. The molecule has 0 spiro atoms. The molecular weight excluding hydrogens is 540 g/mol. The fourth-order valence-electron chi connectivity index (χ4n) is 3.82. The van der Waals surface area contributed by atoms with Crippen molar-refractivity contribution in [2.75, 3.05) is 33.0 Å². The van der Waals surface area contributed by atoms with Crippen molar-refractivity contribution in [2.45, 2.75) is 50.0 Å². The number of para-hydroxylation sites is 2. The molecule has 1 N–H and O–H groups in total. The summed E-state index contributed by atoms with van der Waals surface area (Å²) in [6, 6.07) is 10.9. The van der Waals surface area contributed by atoms with Gasteiger partial charge in [0, 0.05) is 25.3 Å². The van der Waals surface area contributed by atoms with Gasteiger partial charge < -0.3 is 23.8 Å². The first-order chi connectivity index (χ1) is 18.9. The maximum atomic E-state index is 12.7. The molecule has 1 aliphatic heterocycles. The van der Waals surface area contributed by atoms with E-state index in [0.717, 1.165) is 29.2 Å². The molecule has 0 radical (unpaired) electrons. The van der Waals surface area contributed by atoms with Crippen LogP contribution in [0.1, 0.15) is 33.0 Å². The molecule has 0 aliphatic carbocycles. The van der Waals surface area contributed by atoms with E-state index in [1.807, 2.05) is 28.8 Å². The summed E-state index contributed by atoms with van der Waals surface area (Å²) < 4.78 is 18.6. The van der Waals surface area contributed by atoms with Gasteiger partial charge in [-0.25, -0.2) is 4.98 Å². The third-order valence-corrected chi connectivity index (χ3v) is 7.42. The van der Waals surface area contributed by atoms with Gasteiger partial charge in [0.15, 0.2) is 10.2 Å². The molecule has 0 saturated carbocycles. The van der Waals surface area contributed by atoms with Crippen molar-refractivity contribution < 1.29 is 28.3 Å². The summed E-state index contributed by atoms with van der Waals surface area (Å²) in [5.74, 6) is -0.0345. The summed E-state index contributed by atoms with van der Waals surface area (Å²) >= 11 is 2.18. The summed E-state index contributed by atoms with van der Waals surface area (Å²) in [5.41, 5.74) is 1.59. The highest BCUT2D eigenvalue weighted by Crippen LogP contribution is 2.36. The van der Waals surface area contributed by atoms with Crippen LogP contribution in [-0.4, -0.2) is 70.5 Å². The minimum Gasteiger partial charge on any atom is -0.450 e. The Morgan fingerprint density at radius 2 is 1.90 bits per heavy atom. The lowest BCUT2D eigenvalue weighted by atomic mass is 10.3. The maximum absolute atomic E-state index is 12.7. The van der Waals surface area contributed by atoms with Gasteiger partial charge in [0.2, 0.25) is 5.91 Å². The average Bonchev–Trinajstić information content (AvgIpc) is 3.57. The van der Waals surface area contributed by atoms with Gasteiger partial charge in [-0.15, -0.1) is 0 Å². The van der Waals surface area contributed by atoms with Crippen LogP contribution in [-0.2, 0) is 25.6 Å². The van der Waals surface area contributed by atoms with Gasteiger partial charge in [0.05, 0.1) is 35.8 Å². The molecule has 1 aliphatic rings. The lowest BCUT2D eigenvalue weighted by Crippen LogP contribution is -2.34. The molecule has 12 heteroatoms. The van der Waals surface area contributed by atoms with Gasteiger partial charge in [-0.3, -0.25) is 19.3 Å². The summed E-state index contributed by atoms with van der Waals surface area (Å²) in [6.45, 7) is 8.27. The number of imide groups is 1. The van der Waals surface area contributed by atoms with Crippen LogP contribution in [0.3, 0.4) is 0 Å². The number of carbonyl (C=O) groups is 3. The van der Waals surface area contributed by atoms with Gasteiger partial charge in [0.25, 0.3) is 11.1 Å². The predicted molar refractivity (Wildman–Crippen MR) is 150 cm³/mol. The van der Waals surface area contributed by atoms with Gasteiger partial charge in [-0.2, -0.15) is 0 Å². The number of rotatable bonds is 14. The first kappa shape index (κ1) is 28.9. The number of furan rings is 1. The topological polar surface area (TPSA) is 116 Å². The van der Waals surface area contributed by atoms with E-state index in [2.05, 4.69) is 12.2 Å². The van der Waals surface area contributed by atoms with Crippen molar-refractivity contribution in [1.29, 1.82) is 0 Å². The van der Waals surface area contributed by atoms with Crippen LogP contribution in [0.2, 0.25) is 0 Å². The van der Waals surface area contributed by atoms with Gasteiger partial charge >= 0.3 is 0 Å². The number of carbonyl (C=O) groups excluding carboxylic acids is 3. The maximum Gasteiger partial charge on any atom is 0.293 e. The molecule has 0 unspecified atom stereocenters. The number of hydrogen-bond donors (Lipinski definition) is 1. The van der Waals surface area contributed by atoms with Crippen molar-refractivity contribution in [1.82, 2.24) is 19.8 Å². The number of ether oxygens (including phenoxy) is 2. The first-order valence-electron chi connectivity index (χ1n) is 12.8. The number of nitrogens with one attached hydrogen (secondary N) is 1. The van der Waals surface area contributed by atoms with E-state index in [-0.39, 0.29) is 29.6 Å². The zero-order valence-electron chi connectivity index (χ0n) is 22.2. The Bertz CT molecular complexity index is 1350. The summed E-state index contributed by atoms with van der Waals surface area (Å²) in [6.07, 6.45) is 2.55. The molecule has 1 saturated heterocycles. The van der Waals surface area contributed by atoms with Crippen LogP contribution in [0.4, 0.5) is 4.79 Å². The number of benzene rings is 1. The quantitative estimate of drug-likeness (QED) is 0.215. The largest absolute Gasteiger partial charge is 0.450 e. The van der Waals surface area contributed by atoms with Crippen molar-refractivity contribution in [3.05, 3.63) is 47.1 Å². The van der Waals surface area contributed by atoms with Crippen molar-refractivity contribution in [2.24, 2.45) is 0 Å². The Morgan fingerprint density at radius 3 is 2.64 bits per heavy atom. The monoisotopic (exact) mass is 572 g/mol. The molecule has 1 fully saturated rings. The highest BCUT2D eigenvalue weighted by atomic mass is 32.2. The van der Waals surface area contributed by atoms with E-state index >= 15 is 0 Å². The number of nitrogens with zero attached hydrogens (tertiary/aromatic N) is 3. The highest BCUT2D eigenvalue weighted by Gasteiger charge is 2.36. The van der Waals surface area contributed by atoms with E-state index in [0.29, 0.717) is 53.9 Å². The molecule has 10 nitrogen and oxygen atoms in total. The second kappa shape index (κ2) is 13.8. The van der Waals surface area contributed by atoms with Crippen LogP contribution >= 0.6 is 23.5 Å². The highest BCUT2D eigenvalue weighted by molar-refractivity contribution is 8.18. The average molecular weight is 573 g/mol. The van der Waals surface area contributed by atoms with Gasteiger partial charge in [-0.1, -0.05) is 19.1 Å². The molecule has 3 aromatic rings. The number of amides is 3. The number of imidazole rings is 1. The third-order valence-electron chi connectivity index (χ3n) is 5.62. The van der Waals surface area contributed by atoms with Crippen LogP contribution in [0.25, 0.3) is 17.1 Å². The fourth-order valence-corrected chi connectivity index (χ4v) is 5.64. The van der Waals surface area contributed by atoms with Gasteiger partial charge in [-0.05, 0) is 68.1 Å². The van der Waals surface area contributed by atoms with Crippen molar-refractivity contribution >= 4 is 57.7 Å². The zero-order chi connectivity index (χ0) is 27.8. The van der Waals surface area contributed by atoms with E-state index in [1.165, 1.54) is 16.7 Å². The SMILES string of the molecule is CCCOCCOCCNC(=O)Cn1c(Sc2ccc(/C=C3\SC(=O)N(C(C)C)C3=O)o2)nc2ccccc21. The summed E-state index contributed by atoms with van der Waals surface area (Å²) in [7, 11) is 0. The minimum atomic E-state index is -0.325. The molecule has 2 aromatic heterocycles. The second-order valence-corrected chi connectivity index (χ2v) is 10.9. The molecule has 4 rings (SSSR count).